The summed E-state index contributed by atoms with van der Waals surface area (Å²) >= 11 is 1.13. The minimum absolute atomic E-state index is 0.851. The van der Waals surface area contributed by atoms with Crippen LogP contribution in [0.15, 0.2) is 0 Å². The quantitative estimate of drug-likeness (QED) is 0.502. The molecule has 0 saturated carbocycles. The first-order chi connectivity index (χ1) is 2.41. The van der Waals surface area contributed by atoms with Crippen LogP contribution in [-0.4, -0.2) is 10.3 Å². The zero-order chi connectivity index (χ0) is 4.12. The van der Waals surface area contributed by atoms with E-state index in [-0.39, 0.29) is 0 Å². The molecule has 4 heavy (non-hydrogen) atoms. The maximum Gasteiger partial charge on any atom is 0.228 e. The van der Waals surface area contributed by atoms with Gasteiger partial charge in [0.1, 0.15) is 0 Å². The van der Waals surface area contributed by atoms with E-state index in [4.69, 9.17) is 1.43 Å². The van der Waals surface area contributed by atoms with E-state index in [1.54, 1.807) is 0 Å². The van der Waals surface area contributed by atoms with Gasteiger partial charge in [0.2, 0.25) is 1.43 Å². The van der Waals surface area contributed by atoms with E-state index in [2.05, 4.69) is 4.56 Å². The van der Waals surface area contributed by atoms with Gasteiger partial charge in [0.25, 0.3) is 0 Å². The molecule has 0 aromatic heterocycles. The fourth-order valence-corrected chi connectivity index (χ4v) is 0. The minimum atomic E-state index is 0.851. The predicted molar refractivity (Wildman–Crippen MR) is 20.8 cm³/mol. The molecule has 0 radical (unpaired) electrons. The first-order valence-electron chi connectivity index (χ1n) is 1.57. The second kappa shape index (κ2) is 3.31. The monoisotopic (exact) mass is 79.0 g/mol. The van der Waals surface area contributed by atoms with Crippen molar-refractivity contribution in [2.24, 2.45) is 0 Å². The molecular weight excluding hydrogens is 72.1 g/mol. The molecule has 0 unspecified atom stereocenters. The summed E-state index contributed by atoms with van der Waals surface area (Å²) in [6, 6.07) is 0. The van der Waals surface area contributed by atoms with Crippen LogP contribution in [-0.2, 0) is 0 Å². The molecule has 0 rings (SSSR count). The summed E-state index contributed by atoms with van der Waals surface area (Å²) in [5.74, 6) is 0.851. The Balaban J connectivity index is 2.19. The van der Waals surface area contributed by atoms with Crippen LogP contribution in [0, 0.1) is 0 Å². The van der Waals surface area contributed by atoms with Gasteiger partial charge in [-0.25, -0.2) is 0 Å². The van der Waals surface area contributed by atoms with Crippen molar-refractivity contribution in [3.63, 3.8) is 0 Å². The average molecular weight is 79.1 g/mol. The third kappa shape index (κ3) is 2.31. The highest BCUT2D eigenvalue weighted by molar-refractivity contribution is 7.93. The lowest BCUT2D eigenvalue weighted by Gasteiger charge is -1.68. The standard InChI is InChI=1S/C2H6OS/c1-2-4-3/h3H,2H2,1H3/i/hD. The molecule has 0 atom stereocenters. The van der Waals surface area contributed by atoms with E-state index in [0.717, 1.165) is 17.8 Å². The molecular formula is C2H6OS. The fraction of sp³-hybridized carbons (Fsp3) is 1.00. The van der Waals surface area contributed by atoms with Crippen molar-refractivity contribution in [2.75, 3.05) is 5.75 Å². The first-order valence-corrected chi connectivity index (χ1v) is 2.07. The van der Waals surface area contributed by atoms with Crippen LogP contribution < -0.4 is 0 Å². The summed E-state index contributed by atoms with van der Waals surface area (Å²) in [5, 5.41) is 0. The van der Waals surface area contributed by atoms with Gasteiger partial charge in [-0.3, -0.25) is 0 Å². The second-order valence-electron chi connectivity index (χ2n) is 0.407. The lowest BCUT2D eigenvalue weighted by Crippen LogP contribution is -1.53. The molecule has 0 aliphatic rings. The molecule has 0 fully saturated rings. The minimum Gasteiger partial charge on any atom is -0.330 e. The highest BCUT2D eigenvalue weighted by Gasteiger charge is 1.57. The van der Waals surface area contributed by atoms with Crippen LogP contribution in [0.1, 0.15) is 6.92 Å². The van der Waals surface area contributed by atoms with Crippen molar-refractivity contribution in [1.29, 1.82) is 1.43 Å². The summed E-state index contributed by atoms with van der Waals surface area (Å²) in [6.07, 6.45) is 0. The molecule has 0 aliphatic carbocycles. The van der Waals surface area contributed by atoms with Gasteiger partial charge in [-0.2, -0.15) is 0 Å². The first kappa shape index (κ1) is 2.54. The number of hydrogen-bond donors (Lipinski definition) is 1. The molecule has 1 N–H and O–H groups in total. The Labute approximate surface area is 31.7 Å². The Morgan fingerprint density at radius 2 is 3.25 bits per heavy atom. The zero-order valence-corrected chi connectivity index (χ0v) is 3.34. The van der Waals surface area contributed by atoms with Gasteiger partial charge in [-0.05, 0) is 12.0 Å². The van der Waals surface area contributed by atoms with Gasteiger partial charge in [-0.1, -0.05) is 6.92 Å². The van der Waals surface area contributed by atoms with Crippen LogP contribution in [0.3, 0.4) is 0 Å². The molecule has 26 valence electrons. The Kier molecular flexibility index (Phi) is 2.10. The highest BCUT2D eigenvalue weighted by Crippen LogP contribution is 1.82. The summed E-state index contributed by atoms with van der Waals surface area (Å²) in [7, 11) is 0. The smallest absolute Gasteiger partial charge is 0.228 e. The summed E-state index contributed by atoms with van der Waals surface area (Å²) in [5.41, 5.74) is 0. The maximum atomic E-state index is 6.07. The van der Waals surface area contributed by atoms with Crippen LogP contribution in [0.2, 0.25) is 0 Å². The molecule has 1 nitrogen and oxygen atoms in total. The van der Waals surface area contributed by atoms with Crippen molar-refractivity contribution >= 4 is 12.0 Å². The van der Waals surface area contributed by atoms with Gasteiger partial charge < -0.3 is 4.56 Å². The lowest BCUT2D eigenvalue weighted by atomic mass is 11.0. The Hall–Kier alpha value is 0.310. The second-order valence-corrected chi connectivity index (χ2v) is 1.22. The van der Waals surface area contributed by atoms with Crippen LogP contribution in [0.25, 0.3) is 1.43 Å². The molecule has 0 saturated heterocycles. The van der Waals surface area contributed by atoms with Crippen molar-refractivity contribution in [2.45, 2.75) is 6.92 Å². The molecule has 0 heterocycles. The fourth-order valence-electron chi connectivity index (χ4n) is 0. The summed E-state index contributed by atoms with van der Waals surface area (Å²) < 4.78 is 9.92. The summed E-state index contributed by atoms with van der Waals surface area (Å²) in [6.45, 7) is 1.93. The Morgan fingerprint density at radius 1 is 2.50 bits per heavy atom. The van der Waals surface area contributed by atoms with Gasteiger partial charge >= 0.3 is 0 Å². The van der Waals surface area contributed by atoms with Crippen molar-refractivity contribution in [3.8, 4) is 0 Å². The molecule has 0 spiro atoms. The normalized spacial score (nSPS) is 10.8. The van der Waals surface area contributed by atoms with Crippen molar-refractivity contribution in [3.05, 3.63) is 0 Å². The highest BCUT2D eigenvalue weighted by atomic mass is 32.2. The molecule has 0 aromatic carbocycles. The maximum absolute atomic E-state index is 6.07. The van der Waals surface area contributed by atoms with E-state index >= 15 is 0 Å². The van der Waals surface area contributed by atoms with Gasteiger partial charge in [0.05, 0.1) is 0 Å². The number of rotatable bonds is 2. The predicted octanol–water partition coefficient (Wildman–Crippen LogP) is 1.21. The molecule has 0 aromatic rings. The van der Waals surface area contributed by atoms with Crippen molar-refractivity contribution in [1.82, 2.24) is 0 Å². The Morgan fingerprint density at radius 3 is 3.25 bits per heavy atom. The van der Waals surface area contributed by atoms with E-state index in [1.807, 2.05) is 6.92 Å². The molecule has 0 amide bonds. The summed E-state index contributed by atoms with van der Waals surface area (Å²) in [4.78, 5) is 0. The van der Waals surface area contributed by atoms with Gasteiger partial charge in [0, 0.05) is 5.75 Å². The average Bonchev–Trinajstić information content (AvgIpc) is 1.41. The van der Waals surface area contributed by atoms with E-state index in [1.165, 1.54) is 0 Å². The third-order valence-corrected chi connectivity index (χ3v) is 0.354. The van der Waals surface area contributed by atoms with Gasteiger partial charge in [-0.15, -0.1) is 0 Å². The SMILES string of the molecule is [2H]OSCC. The molecule has 0 bridgehead atoms. The van der Waals surface area contributed by atoms with E-state index in [0.29, 0.717) is 0 Å². The van der Waals surface area contributed by atoms with Crippen LogP contribution in [0.5, 0.6) is 0 Å². The zero-order valence-electron chi connectivity index (χ0n) is 3.52. The number of hydrogen-bond acceptors (Lipinski definition) is 2. The van der Waals surface area contributed by atoms with Crippen LogP contribution >= 0.6 is 12.0 Å². The van der Waals surface area contributed by atoms with Crippen molar-refractivity contribution < 1.29 is 4.56 Å². The Bertz CT molecular complexity index is 17.1. The molecule has 2 heteroatoms. The molecule has 0 aliphatic heterocycles. The third-order valence-electron chi connectivity index (χ3n) is 0.118. The van der Waals surface area contributed by atoms with E-state index < -0.39 is 0 Å². The van der Waals surface area contributed by atoms with Gasteiger partial charge in [0.15, 0.2) is 0 Å². The largest absolute Gasteiger partial charge is 0.330 e. The van der Waals surface area contributed by atoms with Crippen LogP contribution in [0.4, 0.5) is 0 Å². The lowest BCUT2D eigenvalue weighted by molar-refractivity contribution is 0.665. The van der Waals surface area contributed by atoms with E-state index in [9.17, 15) is 0 Å². The topological polar surface area (TPSA) is 20.2 Å².